The molecule has 34 heavy (non-hydrogen) atoms. The van der Waals surface area contributed by atoms with Crippen molar-refractivity contribution in [1.82, 2.24) is 0 Å². The van der Waals surface area contributed by atoms with Crippen LogP contribution in [-0.2, 0) is 22.6 Å². The summed E-state index contributed by atoms with van der Waals surface area (Å²) in [6, 6.07) is 33.4. The number of carbonyl (C=O) groups is 1. The molecule has 0 radical (unpaired) electrons. The van der Waals surface area contributed by atoms with Crippen LogP contribution in [0.25, 0.3) is 0 Å². The van der Waals surface area contributed by atoms with Crippen LogP contribution in [0.3, 0.4) is 0 Å². The van der Waals surface area contributed by atoms with Crippen LogP contribution in [0.2, 0.25) is 0 Å². The monoisotopic (exact) mass is 450 g/mol. The average Bonchev–Trinajstić information content (AvgIpc) is 2.88. The molecule has 0 saturated heterocycles. The van der Waals surface area contributed by atoms with Gasteiger partial charge in [0, 0.05) is 17.4 Å². The predicted octanol–water partition coefficient (Wildman–Crippen LogP) is 5.99. The largest absolute Gasteiger partial charge is 0.508 e. The number of hydrogen-bond acceptors (Lipinski definition) is 4. The van der Waals surface area contributed by atoms with Gasteiger partial charge in [0.25, 0.3) is 0 Å². The highest BCUT2D eigenvalue weighted by molar-refractivity contribution is 5.72. The molecule has 0 amide bonds. The number of hydrogen-bond donors (Lipinski definition) is 1. The van der Waals surface area contributed by atoms with Gasteiger partial charge in [-0.05, 0) is 40.5 Å². The Hall–Kier alpha value is -4.05. The molecule has 4 heteroatoms. The van der Waals surface area contributed by atoms with Crippen molar-refractivity contribution in [2.45, 2.75) is 24.9 Å². The van der Waals surface area contributed by atoms with Crippen molar-refractivity contribution < 1.29 is 19.4 Å². The Morgan fingerprint density at radius 2 is 1.53 bits per heavy atom. The molecule has 4 aromatic rings. The molecule has 4 nitrogen and oxygen atoms in total. The molecule has 5 rings (SSSR count). The molecule has 0 fully saturated rings. The van der Waals surface area contributed by atoms with E-state index in [1.54, 1.807) is 12.1 Å². The van der Waals surface area contributed by atoms with Crippen molar-refractivity contribution >= 4 is 5.97 Å². The molecule has 1 heterocycles. The maximum absolute atomic E-state index is 12.3. The van der Waals surface area contributed by atoms with Gasteiger partial charge < -0.3 is 14.6 Å². The highest BCUT2D eigenvalue weighted by Crippen LogP contribution is 2.46. The van der Waals surface area contributed by atoms with Crippen LogP contribution in [0, 0.1) is 0 Å². The van der Waals surface area contributed by atoms with Crippen LogP contribution >= 0.6 is 0 Å². The first-order valence-electron chi connectivity index (χ1n) is 11.5. The lowest BCUT2D eigenvalue weighted by atomic mass is 9.75. The van der Waals surface area contributed by atoms with Crippen molar-refractivity contribution in [3.63, 3.8) is 0 Å². The first-order chi connectivity index (χ1) is 16.7. The van der Waals surface area contributed by atoms with E-state index < -0.39 is 0 Å². The van der Waals surface area contributed by atoms with E-state index >= 15 is 0 Å². The SMILES string of the molecule is O=C(Cc1ccc(C2c3cc(O)ccc3OCC2c2ccccc2)cc1)OCc1ccccc1. The van der Waals surface area contributed by atoms with Crippen molar-refractivity contribution in [3.05, 3.63) is 131 Å². The quantitative estimate of drug-likeness (QED) is 0.367. The van der Waals surface area contributed by atoms with Gasteiger partial charge in [-0.2, -0.15) is 0 Å². The predicted molar refractivity (Wildman–Crippen MR) is 131 cm³/mol. The van der Waals surface area contributed by atoms with E-state index in [4.69, 9.17) is 9.47 Å². The van der Waals surface area contributed by atoms with Gasteiger partial charge >= 0.3 is 5.97 Å². The van der Waals surface area contributed by atoms with Crippen LogP contribution in [0.1, 0.15) is 39.7 Å². The molecule has 0 spiro atoms. The summed E-state index contributed by atoms with van der Waals surface area (Å²) in [5, 5.41) is 10.2. The zero-order chi connectivity index (χ0) is 23.3. The number of phenolic OH excluding ortho intramolecular Hbond substituents is 1. The molecule has 2 unspecified atom stereocenters. The third-order valence-electron chi connectivity index (χ3n) is 6.31. The number of fused-ring (bicyclic) bond motifs is 1. The fraction of sp³-hybridized carbons (Fsp3) is 0.167. The van der Waals surface area contributed by atoms with Crippen LogP contribution in [-0.4, -0.2) is 17.7 Å². The van der Waals surface area contributed by atoms with Crippen molar-refractivity contribution in [2.75, 3.05) is 6.61 Å². The maximum atomic E-state index is 12.3. The Bertz CT molecular complexity index is 1250. The molecular formula is C30H26O4. The Morgan fingerprint density at radius 1 is 0.824 bits per heavy atom. The van der Waals surface area contributed by atoms with Crippen molar-refractivity contribution in [3.8, 4) is 11.5 Å². The standard InChI is InChI=1S/C30H26O4/c31-25-15-16-28-26(18-25)30(27(20-33-28)23-9-5-2-6-10-23)24-13-11-21(12-14-24)17-29(32)34-19-22-7-3-1-4-8-22/h1-16,18,27,30-31H,17,19-20H2. The molecule has 0 aliphatic carbocycles. The summed E-state index contributed by atoms with van der Waals surface area (Å²) >= 11 is 0. The van der Waals surface area contributed by atoms with Crippen LogP contribution in [0.5, 0.6) is 11.5 Å². The van der Waals surface area contributed by atoms with E-state index in [1.807, 2.05) is 66.7 Å². The number of benzene rings is 4. The van der Waals surface area contributed by atoms with Crippen LogP contribution in [0.15, 0.2) is 103 Å². The molecule has 1 N–H and O–H groups in total. The first-order valence-corrected chi connectivity index (χ1v) is 11.5. The van der Waals surface area contributed by atoms with Gasteiger partial charge in [0.2, 0.25) is 0 Å². The summed E-state index contributed by atoms with van der Waals surface area (Å²) < 4.78 is 11.5. The highest BCUT2D eigenvalue weighted by atomic mass is 16.5. The van der Waals surface area contributed by atoms with Crippen molar-refractivity contribution in [1.29, 1.82) is 0 Å². The molecule has 1 aliphatic rings. The lowest BCUT2D eigenvalue weighted by molar-refractivity contribution is -0.144. The smallest absolute Gasteiger partial charge is 0.310 e. The lowest BCUT2D eigenvalue weighted by Gasteiger charge is -2.34. The summed E-state index contributed by atoms with van der Waals surface area (Å²) in [5.74, 6) is 0.900. The van der Waals surface area contributed by atoms with Crippen molar-refractivity contribution in [2.24, 2.45) is 0 Å². The summed E-state index contributed by atoms with van der Waals surface area (Å²) in [7, 11) is 0. The van der Waals surface area contributed by atoms with E-state index in [9.17, 15) is 9.90 Å². The molecule has 1 aliphatic heterocycles. The number of carbonyl (C=O) groups excluding carboxylic acids is 1. The third-order valence-corrected chi connectivity index (χ3v) is 6.31. The minimum Gasteiger partial charge on any atom is -0.508 e. The second-order valence-corrected chi connectivity index (χ2v) is 8.59. The first kappa shape index (κ1) is 21.8. The minimum atomic E-state index is -0.250. The highest BCUT2D eigenvalue weighted by Gasteiger charge is 2.33. The Kier molecular flexibility index (Phi) is 6.30. The van der Waals surface area contributed by atoms with Gasteiger partial charge in [0.05, 0.1) is 13.0 Å². The fourth-order valence-corrected chi connectivity index (χ4v) is 4.60. The van der Waals surface area contributed by atoms with Gasteiger partial charge in [0.1, 0.15) is 18.1 Å². The van der Waals surface area contributed by atoms with Gasteiger partial charge in [-0.25, -0.2) is 0 Å². The fourth-order valence-electron chi connectivity index (χ4n) is 4.60. The number of rotatable bonds is 6. The number of phenols is 1. The zero-order valence-electron chi connectivity index (χ0n) is 18.8. The molecular weight excluding hydrogens is 424 g/mol. The number of aromatic hydroxyl groups is 1. The lowest BCUT2D eigenvalue weighted by Crippen LogP contribution is -2.25. The van der Waals surface area contributed by atoms with Crippen LogP contribution < -0.4 is 4.74 Å². The average molecular weight is 451 g/mol. The second-order valence-electron chi connectivity index (χ2n) is 8.59. The van der Waals surface area contributed by atoms with E-state index in [0.29, 0.717) is 6.61 Å². The molecule has 0 bridgehead atoms. The summed E-state index contributed by atoms with van der Waals surface area (Å²) in [4.78, 5) is 12.3. The van der Waals surface area contributed by atoms with Crippen LogP contribution in [0.4, 0.5) is 0 Å². The summed E-state index contributed by atoms with van der Waals surface area (Å²) in [5.41, 5.74) is 5.15. The summed E-state index contributed by atoms with van der Waals surface area (Å²) in [6.45, 7) is 0.832. The van der Waals surface area contributed by atoms with Gasteiger partial charge in [-0.15, -0.1) is 0 Å². The molecule has 2 atom stereocenters. The van der Waals surface area contributed by atoms with E-state index in [-0.39, 0.29) is 36.6 Å². The Morgan fingerprint density at radius 3 is 2.26 bits per heavy atom. The molecule has 0 saturated carbocycles. The second kappa shape index (κ2) is 9.84. The van der Waals surface area contributed by atoms with Gasteiger partial charge in [-0.1, -0.05) is 84.9 Å². The third kappa shape index (κ3) is 4.81. The molecule has 4 aromatic carbocycles. The maximum Gasteiger partial charge on any atom is 0.310 e. The van der Waals surface area contributed by atoms with E-state index in [1.165, 1.54) is 5.56 Å². The minimum absolute atomic E-state index is 0.0253. The van der Waals surface area contributed by atoms with Gasteiger partial charge in [0.15, 0.2) is 0 Å². The normalized spacial score (nSPS) is 16.8. The number of ether oxygens (including phenoxy) is 2. The zero-order valence-corrected chi connectivity index (χ0v) is 18.8. The number of esters is 1. The van der Waals surface area contributed by atoms with Gasteiger partial charge in [-0.3, -0.25) is 4.79 Å². The topological polar surface area (TPSA) is 55.8 Å². The molecule has 170 valence electrons. The Labute approximate surface area is 199 Å². The Balaban J connectivity index is 1.37. The van der Waals surface area contributed by atoms with E-state index in [2.05, 4.69) is 24.3 Å². The molecule has 0 aromatic heterocycles. The van der Waals surface area contributed by atoms with E-state index in [0.717, 1.165) is 28.0 Å². The summed E-state index contributed by atoms with van der Waals surface area (Å²) in [6.07, 6.45) is 0.223.